The Labute approximate surface area is 89.5 Å². The zero-order valence-electron chi connectivity index (χ0n) is 8.66. The van der Waals surface area contributed by atoms with Gasteiger partial charge in [0, 0.05) is 16.7 Å². The van der Waals surface area contributed by atoms with Crippen molar-refractivity contribution in [1.82, 2.24) is 0 Å². The quantitative estimate of drug-likeness (QED) is 0.748. The van der Waals surface area contributed by atoms with Crippen LogP contribution in [0.5, 0.6) is 0 Å². The average molecular weight is 211 g/mol. The van der Waals surface area contributed by atoms with E-state index in [0.29, 0.717) is 6.54 Å². The smallest absolute Gasteiger partial charge is 0.0550 e. The highest BCUT2D eigenvalue weighted by molar-refractivity contribution is 8.00. The first-order valence-electron chi connectivity index (χ1n) is 4.74. The number of aryl methyl sites for hydroxylation is 1. The van der Waals surface area contributed by atoms with Gasteiger partial charge in [0.1, 0.15) is 0 Å². The van der Waals surface area contributed by atoms with Gasteiger partial charge in [-0.3, -0.25) is 0 Å². The number of rotatable bonds is 4. The van der Waals surface area contributed by atoms with Crippen LogP contribution in [0.1, 0.15) is 18.1 Å². The van der Waals surface area contributed by atoms with Gasteiger partial charge in [-0.05, 0) is 18.6 Å². The zero-order chi connectivity index (χ0) is 10.6. The van der Waals surface area contributed by atoms with Crippen molar-refractivity contribution in [2.75, 3.05) is 6.61 Å². The summed E-state index contributed by atoms with van der Waals surface area (Å²) in [4.78, 5) is 1.18. The summed E-state index contributed by atoms with van der Waals surface area (Å²) in [5.74, 6) is 0. The molecule has 2 nitrogen and oxygen atoms in total. The van der Waals surface area contributed by atoms with Crippen molar-refractivity contribution in [3.05, 3.63) is 29.3 Å². The van der Waals surface area contributed by atoms with E-state index in [1.807, 2.05) is 6.92 Å². The molecule has 0 radical (unpaired) electrons. The van der Waals surface area contributed by atoms with Gasteiger partial charge in [0.25, 0.3) is 0 Å². The first-order valence-corrected chi connectivity index (χ1v) is 5.62. The SMILES string of the molecule is Cc1ccc(SC(C)CO)c(CN)c1. The summed E-state index contributed by atoms with van der Waals surface area (Å²) in [5, 5.41) is 9.19. The molecule has 1 aromatic rings. The van der Waals surface area contributed by atoms with Crippen molar-refractivity contribution < 1.29 is 5.11 Å². The molecular formula is C11H17NOS. The van der Waals surface area contributed by atoms with Crippen molar-refractivity contribution >= 4 is 11.8 Å². The van der Waals surface area contributed by atoms with Crippen molar-refractivity contribution in [3.63, 3.8) is 0 Å². The fraction of sp³-hybridized carbons (Fsp3) is 0.455. The monoisotopic (exact) mass is 211 g/mol. The summed E-state index contributed by atoms with van der Waals surface area (Å²) >= 11 is 1.67. The van der Waals surface area contributed by atoms with Crippen molar-refractivity contribution in [2.24, 2.45) is 5.73 Å². The minimum atomic E-state index is 0.197. The van der Waals surface area contributed by atoms with Gasteiger partial charge in [-0.1, -0.05) is 24.6 Å². The molecule has 3 N–H and O–H groups in total. The molecule has 0 aliphatic heterocycles. The number of aliphatic hydroxyl groups excluding tert-OH is 1. The normalized spacial score (nSPS) is 12.9. The summed E-state index contributed by atoms with van der Waals surface area (Å²) in [6.45, 7) is 4.82. The largest absolute Gasteiger partial charge is 0.395 e. The molecule has 0 spiro atoms. The molecule has 0 saturated heterocycles. The first-order chi connectivity index (χ1) is 6.67. The van der Waals surface area contributed by atoms with Crippen LogP contribution in [0.3, 0.4) is 0 Å². The lowest BCUT2D eigenvalue weighted by Crippen LogP contribution is -2.05. The summed E-state index contributed by atoms with van der Waals surface area (Å²) in [5.41, 5.74) is 8.05. The minimum Gasteiger partial charge on any atom is -0.395 e. The summed E-state index contributed by atoms with van der Waals surface area (Å²) in [6.07, 6.45) is 0. The van der Waals surface area contributed by atoms with Gasteiger partial charge in [-0.2, -0.15) is 0 Å². The molecule has 14 heavy (non-hydrogen) atoms. The van der Waals surface area contributed by atoms with Crippen LogP contribution in [0, 0.1) is 6.92 Å². The number of nitrogens with two attached hydrogens (primary N) is 1. The Morgan fingerprint density at radius 3 is 2.79 bits per heavy atom. The van der Waals surface area contributed by atoms with E-state index in [9.17, 15) is 0 Å². The number of hydrogen-bond acceptors (Lipinski definition) is 3. The fourth-order valence-corrected chi connectivity index (χ4v) is 2.19. The van der Waals surface area contributed by atoms with Gasteiger partial charge in [-0.25, -0.2) is 0 Å². The molecule has 0 amide bonds. The second kappa shape index (κ2) is 5.39. The van der Waals surface area contributed by atoms with Crippen LogP contribution in [0.2, 0.25) is 0 Å². The minimum absolute atomic E-state index is 0.197. The maximum Gasteiger partial charge on any atom is 0.0550 e. The predicted octanol–water partition coefficient (Wildman–Crippen LogP) is 1.93. The van der Waals surface area contributed by atoms with Crippen LogP contribution in [0.25, 0.3) is 0 Å². The van der Waals surface area contributed by atoms with Gasteiger partial charge >= 0.3 is 0 Å². The number of aliphatic hydroxyl groups is 1. The van der Waals surface area contributed by atoms with Crippen LogP contribution < -0.4 is 5.73 Å². The van der Waals surface area contributed by atoms with Gasteiger partial charge in [0.15, 0.2) is 0 Å². The summed E-state index contributed by atoms with van der Waals surface area (Å²) in [7, 11) is 0. The standard InChI is InChI=1S/C11H17NOS/c1-8-3-4-11(10(5-8)6-12)14-9(2)7-13/h3-5,9,13H,6-7,12H2,1-2H3. The maximum atomic E-state index is 8.96. The van der Waals surface area contributed by atoms with Crippen LogP contribution in [0.15, 0.2) is 23.1 Å². The molecular weight excluding hydrogens is 194 g/mol. The van der Waals surface area contributed by atoms with Crippen LogP contribution in [-0.2, 0) is 6.54 Å². The van der Waals surface area contributed by atoms with Crippen molar-refractivity contribution in [2.45, 2.75) is 30.5 Å². The molecule has 0 aliphatic carbocycles. The Kier molecular flexibility index (Phi) is 4.45. The zero-order valence-corrected chi connectivity index (χ0v) is 9.47. The predicted molar refractivity (Wildman–Crippen MR) is 61.5 cm³/mol. The summed E-state index contributed by atoms with van der Waals surface area (Å²) in [6, 6.07) is 6.26. The molecule has 0 fully saturated rings. The highest BCUT2D eigenvalue weighted by atomic mass is 32.2. The van der Waals surface area contributed by atoms with Crippen molar-refractivity contribution in [3.8, 4) is 0 Å². The van der Waals surface area contributed by atoms with E-state index in [2.05, 4.69) is 25.1 Å². The van der Waals surface area contributed by atoms with E-state index in [-0.39, 0.29) is 11.9 Å². The van der Waals surface area contributed by atoms with E-state index in [1.54, 1.807) is 11.8 Å². The first kappa shape index (κ1) is 11.6. The lowest BCUT2D eigenvalue weighted by molar-refractivity contribution is 0.300. The lowest BCUT2D eigenvalue weighted by atomic mass is 10.1. The summed E-state index contributed by atoms with van der Waals surface area (Å²) < 4.78 is 0. The highest BCUT2D eigenvalue weighted by Crippen LogP contribution is 2.27. The van der Waals surface area contributed by atoms with Gasteiger partial charge < -0.3 is 10.8 Å². The molecule has 78 valence electrons. The molecule has 0 bridgehead atoms. The topological polar surface area (TPSA) is 46.2 Å². The molecule has 3 heteroatoms. The van der Waals surface area contributed by atoms with Gasteiger partial charge in [0.2, 0.25) is 0 Å². The molecule has 1 atom stereocenters. The van der Waals surface area contributed by atoms with E-state index < -0.39 is 0 Å². The highest BCUT2D eigenvalue weighted by Gasteiger charge is 2.06. The van der Waals surface area contributed by atoms with Crippen molar-refractivity contribution in [1.29, 1.82) is 0 Å². The van der Waals surface area contributed by atoms with E-state index in [4.69, 9.17) is 10.8 Å². The van der Waals surface area contributed by atoms with E-state index in [1.165, 1.54) is 10.5 Å². The Hall–Kier alpha value is -0.510. The molecule has 0 aromatic heterocycles. The lowest BCUT2D eigenvalue weighted by Gasteiger charge is -2.11. The fourth-order valence-electron chi connectivity index (χ4n) is 1.24. The van der Waals surface area contributed by atoms with Gasteiger partial charge in [-0.15, -0.1) is 11.8 Å². The second-order valence-electron chi connectivity index (χ2n) is 3.43. The van der Waals surface area contributed by atoms with Crippen LogP contribution in [0.4, 0.5) is 0 Å². The van der Waals surface area contributed by atoms with Crippen LogP contribution >= 0.6 is 11.8 Å². The molecule has 1 unspecified atom stereocenters. The molecule has 0 saturated carbocycles. The number of benzene rings is 1. The second-order valence-corrected chi connectivity index (χ2v) is 4.91. The van der Waals surface area contributed by atoms with Gasteiger partial charge in [0.05, 0.1) is 6.61 Å². The third-order valence-corrected chi connectivity index (χ3v) is 3.22. The average Bonchev–Trinajstić information content (AvgIpc) is 2.20. The Morgan fingerprint density at radius 2 is 2.21 bits per heavy atom. The number of hydrogen-bond donors (Lipinski definition) is 2. The molecule has 1 rings (SSSR count). The molecule has 0 heterocycles. The maximum absolute atomic E-state index is 8.96. The molecule has 0 aliphatic rings. The van der Waals surface area contributed by atoms with E-state index >= 15 is 0 Å². The van der Waals surface area contributed by atoms with Crippen LogP contribution in [-0.4, -0.2) is 17.0 Å². The third kappa shape index (κ3) is 3.01. The Balaban J connectivity index is 2.85. The van der Waals surface area contributed by atoms with E-state index in [0.717, 1.165) is 5.56 Å². The Bertz CT molecular complexity index is 301. The Morgan fingerprint density at radius 1 is 1.50 bits per heavy atom. The number of thioether (sulfide) groups is 1. The molecule has 1 aromatic carbocycles. The third-order valence-electron chi connectivity index (χ3n) is 2.02.